The maximum absolute atomic E-state index is 4.10. The van der Waals surface area contributed by atoms with Gasteiger partial charge in [-0.25, -0.2) is 0 Å². The molecule has 1 heteroatoms. The Labute approximate surface area is 104 Å². The van der Waals surface area contributed by atoms with Crippen molar-refractivity contribution < 1.29 is 0 Å². The molecule has 0 amide bonds. The van der Waals surface area contributed by atoms with Crippen molar-refractivity contribution in [2.75, 3.05) is 0 Å². The van der Waals surface area contributed by atoms with Crippen LogP contribution in [0, 0.1) is 5.92 Å². The van der Waals surface area contributed by atoms with Crippen LogP contribution >= 0.6 is 0 Å². The fourth-order valence-electron chi connectivity index (χ4n) is 1.99. The van der Waals surface area contributed by atoms with Gasteiger partial charge in [0.25, 0.3) is 0 Å². The zero-order chi connectivity index (χ0) is 12.3. The average Bonchev–Trinajstić information content (AvgIpc) is 2.32. The molecule has 0 aliphatic carbocycles. The van der Waals surface area contributed by atoms with Crippen LogP contribution in [0.2, 0.25) is 0 Å². The van der Waals surface area contributed by atoms with Crippen molar-refractivity contribution >= 4 is 5.70 Å². The average molecular weight is 225 g/mol. The highest BCUT2D eigenvalue weighted by Crippen LogP contribution is 2.24. The highest BCUT2D eigenvalue weighted by Gasteiger charge is 2.11. The number of rotatable bonds is 3. The second-order valence-corrected chi connectivity index (χ2v) is 4.84. The summed E-state index contributed by atoms with van der Waals surface area (Å²) in [6.07, 6.45) is 5.40. The third-order valence-corrected chi connectivity index (χ3v) is 2.84. The van der Waals surface area contributed by atoms with Gasteiger partial charge in [0.05, 0.1) is 0 Å². The molecule has 0 unspecified atom stereocenters. The Kier molecular flexibility index (Phi) is 3.48. The summed E-state index contributed by atoms with van der Waals surface area (Å²) in [4.78, 5) is 0. The molecule has 88 valence electrons. The standard InChI is InChI=1S/C16H19N/c1-12(2)11-15-9-10-16(17-13(15)3)14-7-5-4-6-8-14/h4-10,12,17H,3,11H2,1-2H3. The van der Waals surface area contributed by atoms with Gasteiger partial charge in [-0.15, -0.1) is 0 Å². The molecule has 0 fully saturated rings. The van der Waals surface area contributed by atoms with Crippen LogP contribution in [0.1, 0.15) is 25.8 Å². The van der Waals surface area contributed by atoms with Gasteiger partial charge in [-0.2, -0.15) is 0 Å². The molecular formula is C16H19N. The minimum atomic E-state index is 0.659. The number of dihydropyridines is 1. The lowest BCUT2D eigenvalue weighted by molar-refractivity contribution is 0.641. The second-order valence-electron chi connectivity index (χ2n) is 4.84. The molecular weight excluding hydrogens is 206 g/mol. The first-order valence-corrected chi connectivity index (χ1v) is 6.09. The van der Waals surface area contributed by atoms with Crippen LogP contribution in [0.3, 0.4) is 0 Å². The molecule has 1 aromatic rings. The molecule has 1 aliphatic heterocycles. The number of nitrogens with one attached hydrogen (secondary N) is 1. The molecule has 1 aliphatic rings. The molecule has 1 nitrogen and oxygen atoms in total. The molecule has 0 bridgehead atoms. The summed E-state index contributed by atoms with van der Waals surface area (Å²) >= 11 is 0. The Bertz CT molecular complexity index is 464. The van der Waals surface area contributed by atoms with E-state index >= 15 is 0 Å². The lowest BCUT2D eigenvalue weighted by Gasteiger charge is -2.21. The van der Waals surface area contributed by atoms with E-state index in [0.717, 1.165) is 17.8 Å². The first kappa shape index (κ1) is 11.7. The Hall–Kier alpha value is -1.76. The van der Waals surface area contributed by atoms with Crippen molar-refractivity contribution in [2.24, 2.45) is 5.92 Å². The van der Waals surface area contributed by atoms with Crippen molar-refractivity contribution in [3.05, 3.63) is 65.9 Å². The second kappa shape index (κ2) is 5.05. The van der Waals surface area contributed by atoms with Gasteiger partial charge >= 0.3 is 0 Å². The lowest BCUT2D eigenvalue weighted by atomic mass is 9.97. The van der Waals surface area contributed by atoms with Gasteiger partial charge in [0.2, 0.25) is 0 Å². The lowest BCUT2D eigenvalue weighted by Crippen LogP contribution is -2.16. The molecule has 0 saturated heterocycles. The van der Waals surface area contributed by atoms with E-state index < -0.39 is 0 Å². The van der Waals surface area contributed by atoms with Crippen LogP contribution in [0.25, 0.3) is 5.70 Å². The van der Waals surface area contributed by atoms with Gasteiger partial charge < -0.3 is 5.32 Å². The molecule has 17 heavy (non-hydrogen) atoms. The topological polar surface area (TPSA) is 12.0 Å². The van der Waals surface area contributed by atoms with Crippen molar-refractivity contribution in [3.8, 4) is 0 Å². The third kappa shape index (κ3) is 2.88. The quantitative estimate of drug-likeness (QED) is 0.816. The smallest absolute Gasteiger partial charge is 0.0457 e. The first-order chi connectivity index (χ1) is 8.16. The van der Waals surface area contributed by atoms with Crippen molar-refractivity contribution in [1.82, 2.24) is 5.32 Å². The van der Waals surface area contributed by atoms with Gasteiger partial charge in [-0.3, -0.25) is 0 Å². The number of hydrogen-bond donors (Lipinski definition) is 1. The Morgan fingerprint density at radius 3 is 2.41 bits per heavy atom. The number of benzene rings is 1. The molecule has 1 aromatic carbocycles. The Morgan fingerprint density at radius 2 is 1.82 bits per heavy atom. The van der Waals surface area contributed by atoms with Gasteiger partial charge in [-0.05, 0) is 29.6 Å². The summed E-state index contributed by atoms with van der Waals surface area (Å²) in [5.41, 5.74) is 4.66. The van der Waals surface area contributed by atoms with Crippen LogP contribution < -0.4 is 5.32 Å². The molecule has 0 spiro atoms. The SMILES string of the molecule is C=C1NC(c2ccccc2)=CC=C1CC(C)C. The van der Waals surface area contributed by atoms with Crippen LogP contribution in [-0.2, 0) is 0 Å². The van der Waals surface area contributed by atoms with Gasteiger partial charge in [0.15, 0.2) is 0 Å². The van der Waals surface area contributed by atoms with Crippen molar-refractivity contribution in [1.29, 1.82) is 0 Å². The fourth-order valence-corrected chi connectivity index (χ4v) is 1.99. The first-order valence-electron chi connectivity index (χ1n) is 6.09. The van der Waals surface area contributed by atoms with E-state index in [1.165, 1.54) is 11.1 Å². The minimum Gasteiger partial charge on any atom is -0.355 e. The summed E-state index contributed by atoms with van der Waals surface area (Å²) in [7, 11) is 0. The molecule has 1 heterocycles. The molecule has 2 rings (SSSR count). The molecule has 1 N–H and O–H groups in total. The Morgan fingerprint density at radius 1 is 1.12 bits per heavy atom. The number of hydrogen-bond acceptors (Lipinski definition) is 1. The third-order valence-electron chi connectivity index (χ3n) is 2.84. The zero-order valence-electron chi connectivity index (χ0n) is 10.5. The Balaban J connectivity index is 2.22. The van der Waals surface area contributed by atoms with E-state index in [9.17, 15) is 0 Å². The van der Waals surface area contributed by atoms with E-state index in [1.807, 2.05) is 18.2 Å². The monoisotopic (exact) mass is 225 g/mol. The van der Waals surface area contributed by atoms with Crippen molar-refractivity contribution in [3.63, 3.8) is 0 Å². The largest absolute Gasteiger partial charge is 0.355 e. The minimum absolute atomic E-state index is 0.659. The number of allylic oxidation sites excluding steroid dienone is 3. The summed E-state index contributed by atoms with van der Waals surface area (Å²) < 4.78 is 0. The van der Waals surface area contributed by atoms with E-state index in [-0.39, 0.29) is 0 Å². The predicted octanol–water partition coefficient (Wildman–Crippen LogP) is 4.12. The molecule has 0 radical (unpaired) electrons. The zero-order valence-corrected chi connectivity index (χ0v) is 10.5. The maximum Gasteiger partial charge on any atom is 0.0457 e. The summed E-state index contributed by atoms with van der Waals surface area (Å²) in [5.74, 6) is 0.659. The fraction of sp³-hybridized carbons (Fsp3) is 0.250. The summed E-state index contributed by atoms with van der Waals surface area (Å²) in [6.45, 7) is 8.56. The molecule has 0 saturated carbocycles. The highest BCUT2D eigenvalue weighted by atomic mass is 14.9. The maximum atomic E-state index is 4.10. The predicted molar refractivity (Wildman–Crippen MR) is 74.2 cm³/mol. The molecule has 0 atom stereocenters. The van der Waals surface area contributed by atoms with E-state index in [0.29, 0.717) is 5.92 Å². The van der Waals surface area contributed by atoms with Crippen LogP contribution in [0.15, 0.2) is 60.3 Å². The molecule has 0 aromatic heterocycles. The van der Waals surface area contributed by atoms with Crippen LogP contribution in [-0.4, -0.2) is 0 Å². The normalized spacial score (nSPS) is 15.4. The van der Waals surface area contributed by atoms with E-state index in [4.69, 9.17) is 0 Å². The van der Waals surface area contributed by atoms with E-state index in [1.54, 1.807) is 0 Å². The summed E-state index contributed by atoms with van der Waals surface area (Å²) in [6, 6.07) is 10.3. The van der Waals surface area contributed by atoms with Gasteiger partial charge in [-0.1, -0.05) is 56.8 Å². The van der Waals surface area contributed by atoms with E-state index in [2.05, 4.69) is 50.0 Å². The van der Waals surface area contributed by atoms with Gasteiger partial charge in [0, 0.05) is 11.4 Å². The van der Waals surface area contributed by atoms with Crippen molar-refractivity contribution in [2.45, 2.75) is 20.3 Å². The van der Waals surface area contributed by atoms with Crippen LogP contribution in [0.5, 0.6) is 0 Å². The summed E-state index contributed by atoms with van der Waals surface area (Å²) in [5, 5.41) is 3.39. The van der Waals surface area contributed by atoms with Gasteiger partial charge in [0.1, 0.15) is 0 Å². The van der Waals surface area contributed by atoms with Crippen LogP contribution in [0.4, 0.5) is 0 Å². The highest BCUT2D eigenvalue weighted by molar-refractivity contribution is 5.70.